The monoisotopic (exact) mass is 361 g/mol. The zero-order valence-electron chi connectivity index (χ0n) is 16.2. The fourth-order valence-corrected chi connectivity index (χ4v) is 4.20. The predicted octanol–water partition coefficient (Wildman–Crippen LogP) is 4.50. The van der Waals surface area contributed by atoms with Gasteiger partial charge in [-0.25, -0.2) is 4.98 Å². The van der Waals surface area contributed by atoms with Crippen molar-refractivity contribution in [2.45, 2.75) is 39.5 Å². The Morgan fingerprint density at radius 2 is 1.85 bits per heavy atom. The summed E-state index contributed by atoms with van der Waals surface area (Å²) in [7, 11) is 0. The number of aromatic nitrogens is 2. The van der Waals surface area contributed by atoms with Crippen LogP contribution in [-0.4, -0.2) is 33.3 Å². The highest BCUT2D eigenvalue weighted by atomic mass is 16.2. The molecule has 4 rings (SSSR count). The standard InChI is InChI=1S/C23H27N3O/c1-3-23(27)25-13-10-19(11-14-25)16-18-4-6-20(7-5-18)21-8-9-22-24-12-15-26(22)17(21)2/h4-9,12,15,19H,3,10-11,13-14,16H2,1-2H3. The van der Waals surface area contributed by atoms with Crippen LogP contribution < -0.4 is 0 Å². The Hall–Kier alpha value is -2.62. The van der Waals surface area contributed by atoms with Gasteiger partial charge in [-0.2, -0.15) is 0 Å². The number of pyridine rings is 1. The molecule has 27 heavy (non-hydrogen) atoms. The van der Waals surface area contributed by atoms with Crippen molar-refractivity contribution in [1.29, 1.82) is 0 Å². The van der Waals surface area contributed by atoms with Gasteiger partial charge in [-0.05, 0) is 55.4 Å². The summed E-state index contributed by atoms with van der Waals surface area (Å²) in [6, 6.07) is 13.2. The molecule has 0 aliphatic carbocycles. The number of hydrogen-bond acceptors (Lipinski definition) is 2. The van der Waals surface area contributed by atoms with E-state index in [0.717, 1.165) is 38.0 Å². The lowest BCUT2D eigenvalue weighted by Crippen LogP contribution is -2.38. The van der Waals surface area contributed by atoms with Crippen LogP contribution in [0.25, 0.3) is 16.8 Å². The molecule has 3 aromatic rings. The maximum absolute atomic E-state index is 11.8. The number of rotatable bonds is 4. The molecule has 0 radical (unpaired) electrons. The normalized spacial score (nSPS) is 15.4. The fourth-order valence-electron chi connectivity index (χ4n) is 4.20. The highest BCUT2D eigenvalue weighted by Gasteiger charge is 2.21. The van der Waals surface area contributed by atoms with Crippen molar-refractivity contribution < 1.29 is 4.79 Å². The number of imidazole rings is 1. The SMILES string of the molecule is CCC(=O)N1CCC(Cc2ccc(-c3ccc4nccn4c3C)cc2)CC1. The van der Waals surface area contributed by atoms with Crippen LogP contribution in [-0.2, 0) is 11.2 Å². The van der Waals surface area contributed by atoms with Gasteiger partial charge in [0.05, 0.1) is 0 Å². The highest BCUT2D eigenvalue weighted by molar-refractivity contribution is 5.75. The average Bonchev–Trinajstić information content (AvgIpc) is 3.19. The molecule has 0 N–H and O–H groups in total. The first-order valence-electron chi connectivity index (χ1n) is 9.95. The van der Waals surface area contributed by atoms with Crippen molar-refractivity contribution in [3.8, 4) is 11.1 Å². The van der Waals surface area contributed by atoms with E-state index in [1.807, 2.05) is 24.2 Å². The third kappa shape index (κ3) is 3.61. The van der Waals surface area contributed by atoms with Gasteiger partial charge < -0.3 is 9.30 Å². The minimum Gasteiger partial charge on any atom is -0.343 e. The lowest BCUT2D eigenvalue weighted by molar-refractivity contribution is -0.132. The van der Waals surface area contributed by atoms with Crippen LogP contribution in [0.1, 0.15) is 37.4 Å². The summed E-state index contributed by atoms with van der Waals surface area (Å²) in [6.45, 7) is 5.92. The van der Waals surface area contributed by atoms with Gasteiger partial charge in [0.2, 0.25) is 5.91 Å². The van der Waals surface area contributed by atoms with Crippen LogP contribution in [0.15, 0.2) is 48.8 Å². The molecule has 1 saturated heterocycles. The molecule has 0 saturated carbocycles. The predicted molar refractivity (Wildman–Crippen MR) is 109 cm³/mol. The number of benzene rings is 1. The lowest BCUT2D eigenvalue weighted by atomic mass is 9.89. The number of carbonyl (C=O) groups is 1. The molecule has 0 spiro atoms. The van der Waals surface area contributed by atoms with Crippen LogP contribution in [0.4, 0.5) is 0 Å². The van der Waals surface area contributed by atoms with Gasteiger partial charge in [-0.1, -0.05) is 31.2 Å². The van der Waals surface area contributed by atoms with Gasteiger partial charge in [0.15, 0.2) is 0 Å². The summed E-state index contributed by atoms with van der Waals surface area (Å²) >= 11 is 0. The van der Waals surface area contributed by atoms with E-state index in [1.54, 1.807) is 0 Å². The number of carbonyl (C=O) groups excluding carboxylic acids is 1. The van der Waals surface area contributed by atoms with E-state index in [4.69, 9.17) is 0 Å². The Morgan fingerprint density at radius 1 is 1.11 bits per heavy atom. The van der Waals surface area contributed by atoms with Crippen LogP contribution in [0.3, 0.4) is 0 Å². The molecule has 1 aliphatic rings. The molecular formula is C23H27N3O. The third-order valence-electron chi connectivity index (χ3n) is 5.88. The van der Waals surface area contributed by atoms with E-state index in [0.29, 0.717) is 18.2 Å². The molecule has 140 valence electrons. The quantitative estimate of drug-likeness (QED) is 0.686. The van der Waals surface area contributed by atoms with Gasteiger partial charge in [-0.3, -0.25) is 4.79 Å². The number of nitrogens with zero attached hydrogens (tertiary/aromatic N) is 3. The number of hydrogen-bond donors (Lipinski definition) is 0. The molecule has 1 amide bonds. The molecule has 3 heterocycles. The minimum absolute atomic E-state index is 0.294. The number of aryl methyl sites for hydroxylation is 1. The van der Waals surface area contributed by atoms with Crippen LogP contribution in [0.5, 0.6) is 0 Å². The lowest BCUT2D eigenvalue weighted by Gasteiger charge is -2.32. The molecule has 1 fully saturated rings. The van der Waals surface area contributed by atoms with E-state index >= 15 is 0 Å². The molecule has 0 unspecified atom stereocenters. The summed E-state index contributed by atoms with van der Waals surface area (Å²) in [6.07, 6.45) is 7.81. The number of amides is 1. The number of fused-ring (bicyclic) bond motifs is 1. The van der Waals surface area contributed by atoms with Crippen LogP contribution >= 0.6 is 0 Å². The zero-order valence-corrected chi connectivity index (χ0v) is 16.2. The molecule has 4 heteroatoms. The van der Waals surface area contributed by atoms with E-state index in [9.17, 15) is 4.79 Å². The molecule has 0 bridgehead atoms. The van der Waals surface area contributed by atoms with Gasteiger partial charge in [0, 0.05) is 43.2 Å². The van der Waals surface area contributed by atoms with E-state index in [-0.39, 0.29) is 0 Å². The second kappa shape index (κ2) is 7.55. The fraction of sp³-hybridized carbons (Fsp3) is 0.391. The first-order valence-corrected chi connectivity index (χ1v) is 9.95. The van der Waals surface area contributed by atoms with Crippen molar-refractivity contribution in [2.75, 3.05) is 13.1 Å². The molecule has 1 aliphatic heterocycles. The largest absolute Gasteiger partial charge is 0.343 e. The molecule has 0 atom stereocenters. The summed E-state index contributed by atoms with van der Waals surface area (Å²) in [5.74, 6) is 0.976. The van der Waals surface area contributed by atoms with E-state index in [2.05, 4.69) is 52.7 Å². The van der Waals surface area contributed by atoms with Crippen molar-refractivity contribution in [3.63, 3.8) is 0 Å². The Morgan fingerprint density at radius 3 is 2.56 bits per heavy atom. The van der Waals surface area contributed by atoms with Crippen LogP contribution in [0.2, 0.25) is 0 Å². The summed E-state index contributed by atoms with van der Waals surface area (Å²) in [5.41, 5.74) is 6.08. The molecule has 1 aromatic carbocycles. The van der Waals surface area contributed by atoms with Gasteiger partial charge >= 0.3 is 0 Å². The van der Waals surface area contributed by atoms with Gasteiger partial charge in [-0.15, -0.1) is 0 Å². The van der Waals surface area contributed by atoms with Crippen molar-refractivity contribution in [2.24, 2.45) is 5.92 Å². The second-order valence-electron chi connectivity index (χ2n) is 7.57. The topological polar surface area (TPSA) is 37.6 Å². The third-order valence-corrected chi connectivity index (χ3v) is 5.88. The first-order chi connectivity index (χ1) is 13.2. The summed E-state index contributed by atoms with van der Waals surface area (Å²) < 4.78 is 2.13. The first kappa shape index (κ1) is 17.8. The Balaban J connectivity index is 1.43. The van der Waals surface area contributed by atoms with Crippen molar-refractivity contribution in [1.82, 2.24) is 14.3 Å². The van der Waals surface area contributed by atoms with Gasteiger partial charge in [0.25, 0.3) is 0 Å². The smallest absolute Gasteiger partial charge is 0.222 e. The summed E-state index contributed by atoms with van der Waals surface area (Å²) in [5, 5.41) is 0. The maximum atomic E-state index is 11.8. The molecule has 2 aromatic heterocycles. The van der Waals surface area contributed by atoms with Crippen molar-refractivity contribution in [3.05, 3.63) is 60.0 Å². The minimum atomic E-state index is 0.294. The van der Waals surface area contributed by atoms with Crippen LogP contribution in [0, 0.1) is 12.8 Å². The highest BCUT2D eigenvalue weighted by Crippen LogP contribution is 2.27. The van der Waals surface area contributed by atoms with Gasteiger partial charge in [0.1, 0.15) is 5.65 Å². The Kier molecular flexibility index (Phi) is 4.97. The van der Waals surface area contributed by atoms with E-state index in [1.165, 1.54) is 22.4 Å². The summed E-state index contributed by atoms with van der Waals surface area (Å²) in [4.78, 5) is 18.2. The second-order valence-corrected chi connectivity index (χ2v) is 7.57. The zero-order chi connectivity index (χ0) is 18.8. The molecule has 4 nitrogen and oxygen atoms in total. The molecular weight excluding hydrogens is 334 g/mol. The number of piperidine rings is 1. The number of likely N-dealkylation sites (tertiary alicyclic amines) is 1. The Bertz CT molecular complexity index is 934. The Labute approximate surface area is 160 Å². The maximum Gasteiger partial charge on any atom is 0.222 e. The van der Waals surface area contributed by atoms with E-state index < -0.39 is 0 Å². The van der Waals surface area contributed by atoms with Crippen molar-refractivity contribution >= 4 is 11.6 Å². The average molecular weight is 361 g/mol.